The van der Waals surface area contributed by atoms with Crippen LogP contribution >= 0.6 is 11.3 Å². The highest BCUT2D eigenvalue weighted by atomic mass is 32.1. The third kappa shape index (κ3) is 2.49. The van der Waals surface area contributed by atoms with Gasteiger partial charge in [0.05, 0.1) is 11.6 Å². The van der Waals surface area contributed by atoms with Crippen LogP contribution in [0.15, 0.2) is 35.8 Å². The Morgan fingerprint density at radius 3 is 2.81 bits per heavy atom. The fourth-order valence-electron chi connectivity index (χ4n) is 1.88. The summed E-state index contributed by atoms with van der Waals surface area (Å²) in [7, 11) is 0. The first kappa shape index (κ1) is 11.3. The molecule has 0 amide bonds. The normalized spacial score (nSPS) is 12.6. The van der Waals surface area contributed by atoms with E-state index in [2.05, 4.69) is 24.0 Å². The maximum absolute atomic E-state index is 9.48. The molecule has 0 aliphatic rings. The number of rotatable bonds is 4. The molecule has 1 atom stereocenters. The molecular weight excluding hydrogens is 218 g/mol. The van der Waals surface area contributed by atoms with Crippen LogP contribution in [-0.2, 0) is 6.42 Å². The van der Waals surface area contributed by atoms with Crippen molar-refractivity contribution in [1.82, 2.24) is 4.98 Å². The van der Waals surface area contributed by atoms with Crippen LogP contribution in [0.4, 0.5) is 0 Å². The van der Waals surface area contributed by atoms with Gasteiger partial charge in [-0.05, 0) is 18.1 Å². The summed E-state index contributed by atoms with van der Waals surface area (Å²) in [4.78, 5) is 4.27. The van der Waals surface area contributed by atoms with Gasteiger partial charge in [0.25, 0.3) is 0 Å². The number of aliphatic hydroxyl groups excluding tert-OH is 1. The van der Waals surface area contributed by atoms with Crippen molar-refractivity contribution in [2.24, 2.45) is 0 Å². The predicted molar refractivity (Wildman–Crippen MR) is 66.8 cm³/mol. The molecule has 1 aromatic heterocycles. The highest BCUT2D eigenvalue weighted by Crippen LogP contribution is 2.24. The minimum atomic E-state index is 0.160. The topological polar surface area (TPSA) is 33.1 Å². The highest BCUT2D eigenvalue weighted by molar-refractivity contribution is 7.09. The van der Waals surface area contributed by atoms with Gasteiger partial charge in [-0.1, -0.05) is 24.3 Å². The van der Waals surface area contributed by atoms with Gasteiger partial charge in [-0.2, -0.15) is 0 Å². The Bertz CT molecular complexity index is 439. The zero-order valence-electron chi connectivity index (χ0n) is 9.26. The van der Waals surface area contributed by atoms with E-state index < -0.39 is 0 Å². The summed E-state index contributed by atoms with van der Waals surface area (Å²) in [5.74, 6) is 0.160. The monoisotopic (exact) mass is 233 g/mol. The number of thiazole rings is 1. The van der Waals surface area contributed by atoms with E-state index in [0.717, 1.165) is 11.4 Å². The maximum Gasteiger partial charge on any atom is 0.0931 e. The third-order valence-electron chi connectivity index (χ3n) is 2.75. The Hall–Kier alpha value is -1.19. The standard InChI is InChI=1S/C13H15NOS/c1-10-4-2-3-5-12(10)11(9-15)8-13-14-6-7-16-13/h2-7,11,15H,8-9H2,1H3. The number of hydrogen-bond donors (Lipinski definition) is 1. The van der Waals surface area contributed by atoms with Crippen LogP contribution in [0.2, 0.25) is 0 Å². The van der Waals surface area contributed by atoms with E-state index in [9.17, 15) is 5.11 Å². The molecule has 16 heavy (non-hydrogen) atoms. The first-order chi connectivity index (χ1) is 7.81. The van der Waals surface area contributed by atoms with Gasteiger partial charge in [-0.25, -0.2) is 4.98 Å². The first-order valence-electron chi connectivity index (χ1n) is 5.36. The zero-order chi connectivity index (χ0) is 11.4. The second-order valence-corrected chi connectivity index (χ2v) is 4.85. The lowest BCUT2D eigenvalue weighted by Crippen LogP contribution is -2.09. The lowest BCUT2D eigenvalue weighted by atomic mass is 9.93. The SMILES string of the molecule is Cc1ccccc1C(CO)Cc1nccs1. The van der Waals surface area contributed by atoms with Crippen LogP contribution in [-0.4, -0.2) is 16.7 Å². The lowest BCUT2D eigenvalue weighted by Gasteiger charge is -2.15. The van der Waals surface area contributed by atoms with Crippen molar-refractivity contribution >= 4 is 11.3 Å². The van der Waals surface area contributed by atoms with Crippen LogP contribution in [0, 0.1) is 6.92 Å². The average Bonchev–Trinajstić information content (AvgIpc) is 2.80. The largest absolute Gasteiger partial charge is 0.396 e. The fraction of sp³-hybridized carbons (Fsp3) is 0.308. The molecule has 84 valence electrons. The van der Waals surface area contributed by atoms with Crippen LogP contribution in [0.5, 0.6) is 0 Å². The maximum atomic E-state index is 9.48. The van der Waals surface area contributed by atoms with E-state index in [1.165, 1.54) is 11.1 Å². The summed E-state index contributed by atoms with van der Waals surface area (Å²) >= 11 is 1.64. The number of aromatic nitrogens is 1. The van der Waals surface area contributed by atoms with Crippen molar-refractivity contribution in [2.45, 2.75) is 19.3 Å². The molecule has 3 heteroatoms. The Morgan fingerprint density at radius 1 is 1.38 bits per heavy atom. The molecule has 2 nitrogen and oxygen atoms in total. The van der Waals surface area contributed by atoms with Crippen molar-refractivity contribution in [3.8, 4) is 0 Å². The van der Waals surface area contributed by atoms with E-state index >= 15 is 0 Å². The molecule has 0 saturated carbocycles. The van der Waals surface area contributed by atoms with Gasteiger partial charge >= 0.3 is 0 Å². The molecule has 2 rings (SSSR count). The van der Waals surface area contributed by atoms with Crippen molar-refractivity contribution in [3.63, 3.8) is 0 Å². The van der Waals surface area contributed by atoms with Crippen molar-refractivity contribution in [3.05, 3.63) is 52.0 Å². The van der Waals surface area contributed by atoms with E-state index in [0.29, 0.717) is 0 Å². The highest BCUT2D eigenvalue weighted by Gasteiger charge is 2.14. The van der Waals surface area contributed by atoms with Gasteiger partial charge < -0.3 is 5.11 Å². The van der Waals surface area contributed by atoms with E-state index in [-0.39, 0.29) is 12.5 Å². The molecule has 1 unspecified atom stereocenters. The molecule has 0 aliphatic heterocycles. The predicted octanol–water partition coefficient (Wildman–Crippen LogP) is 2.77. The van der Waals surface area contributed by atoms with Crippen LogP contribution < -0.4 is 0 Å². The Morgan fingerprint density at radius 2 is 2.19 bits per heavy atom. The van der Waals surface area contributed by atoms with E-state index in [1.54, 1.807) is 11.3 Å². The summed E-state index contributed by atoms with van der Waals surface area (Å²) in [6.45, 7) is 2.25. The van der Waals surface area contributed by atoms with Gasteiger partial charge in [-0.3, -0.25) is 0 Å². The summed E-state index contributed by atoms with van der Waals surface area (Å²) in [6, 6.07) is 8.22. The molecule has 0 saturated heterocycles. The zero-order valence-corrected chi connectivity index (χ0v) is 10.1. The number of hydrogen-bond acceptors (Lipinski definition) is 3. The van der Waals surface area contributed by atoms with Gasteiger partial charge in [0.15, 0.2) is 0 Å². The second-order valence-electron chi connectivity index (χ2n) is 3.87. The Balaban J connectivity index is 2.20. The molecule has 0 fully saturated rings. The third-order valence-corrected chi connectivity index (χ3v) is 3.56. The molecule has 1 aromatic carbocycles. The van der Waals surface area contributed by atoms with Crippen molar-refractivity contribution in [2.75, 3.05) is 6.61 Å². The number of aliphatic hydroxyl groups is 1. The van der Waals surface area contributed by atoms with Gasteiger partial charge in [0, 0.05) is 23.9 Å². The molecular formula is C13H15NOS. The Kier molecular flexibility index (Phi) is 3.70. The van der Waals surface area contributed by atoms with Crippen LogP contribution in [0.3, 0.4) is 0 Å². The van der Waals surface area contributed by atoms with Crippen LogP contribution in [0.1, 0.15) is 22.1 Å². The van der Waals surface area contributed by atoms with Crippen molar-refractivity contribution < 1.29 is 5.11 Å². The van der Waals surface area contributed by atoms with Crippen molar-refractivity contribution in [1.29, 1.82) is 0 Å². The van der Waals surface area contributed by atoms with E-state index in [4.69, 9.17) is 0 Å². The molecule has 0 spiro atoms. The van der Waals surface area contributed by atoms with Crippen LogP contribution in [0.25, 0.3) is 0 Å². The lowest BCUT2D eigenvalue weighted by molar-refractivity contribution is 0.264. The second kappa shape index (κ2) is 5.23. The fourth-order valence-corrected chi connectivity index (χ4v) is 2.58. The Labute approximate surface area is 99.6 Å². The molecule has 1 N–H and O–H groups in total. The molecule has 0 bridgehead atoms. The first-order valence-corrected chi connectivity index (χ1v) is 6.24. The summed E-state index contributed by atoms with van der Waals surface area (Å²) in [5, 5.41) is 12.5. The number of benzene rings is 1. The average molecular weight is 233 g/mol. The minimum Gasteiger partial charge on any atom is -0.396 e. The molecule has 0 aliphatic carbocycles. The minimum absolute atomic E-state index is 0.160. The van der Waals surface area contributed by atoms with Gasteiger partial charge in [0.2, 0.25) is 0 Å². The number of nitrogens with zero attached hydrogens (tertiary/aromatic N) is 1. The molecule has 1 heterocycles. The van der Waals surface area contributed by atoms with Gasteiger partial charge in [-0.15, -0.1) is 11.3 Å². The summed E-state index contributed by atoms with van der Waals surface area (Å²) in [5.41, 5.74) is 2.46. The quantitative estimate of drug-likeness (QED) is 0.881. The molecule has 0 radical (unpaired) electrons. The van der Waals surface area contributed by atoms with Gasteiger partial charge in [0.1, 0.15) is 0 Å². The smallest absolute Gasteiger partial charge is 0.0931 e. The molecule has 2 aromatic rings. The summed E-state index contributed by atoms with van der Waals surface area (Å²) < 4.78 is 0. The summed E-state index contributed by atoms with van der Waals surface area (Å²) in [6.07, 6.45) is 2.63. The van der Waals surface area contributed by atoms with E-state index in [1.807, 2.05) is 23.7 Å². The number of aryl methyl sites for hydroxylation is 1.